The molecule has 102 valence electrons. The van der Waals surface area contributed by atoms with Gasteiger partial charge in [-0.1, -0.05) is 53.1 Å². The van der Waals surface area contributed by atoms with Gasteiger partial charge in [0.1, 0.15) is 5.01 Å². The van der Waals surface area contributed by atoms with E-state index in [4.69, 9.17) is 5.53 Å². The van der Waals surface area contributed by atoms with Crippen LogP contribution in [0, 0.1) is 6.92 Å². The normalized spacial score (nSPS) is 10.1. The average molecular weight is 292 g/mol. The lowest BCUT2D eigenvalue weighted by Crippen LogP contribution is -1.80. The van der Waals surface area contributed by atoms with Gasteiger partial charge in [-0.3, -0.25) is 0 Å². The van der Waals surface area contributed by atoms with Gasteiger partial charge in [0.05, 0.1) is 5.69 Å². The zero-order valence-electron chi connectivity index (χ0n) is 11.4. The summed E-state index contributed by atoms with van der Waals surface area (Å²) in [6, 6.07) is 15.8. The van der Waals surface area contributed by atoms with Crippen LogP contribution in [0.4, 0.5) is 5.69 Å². The first-order chi connectivity index (χ1) is 10.3. The van der Waals surface area contributed by atoms with E-state index < -0.39 is 0 Å². The predicted octanol–water partition coefficient (Wildman–Crippen LogP) is 5.73. The van der Waals surface area contributed by atoms with Gasteiger partial charge >= 0.3 is 0 Å². The molecule has 0 amide bonds. The van der Waals surface area contributed by atoms with Crippen LogP contribution in [0.25, 0.3) is 32.3 Å². The molecule has 0 unspecified atom stereocenters. The van der Waals surface area contributed by atoms with Crippen LogP contribution in [-0.4, -0.2) is 4.98 Å². The van der Waals surface area contributed by atoms with Gasteiger partial charge in [-0.2, -0.15) is 0 Å². The summed E-state index contributed by atoms with van der Waals surface area (Å²) >= 11 is 1.58. The standard InChI is InChI=1S/C16H12N4S/c1-11-5-7-12(8-6-11)15-10-21-16(18-15)13-3-2-4-14(9-13)19-20-17/h2-10H,1H3. The van der Waals surface area contributed by atoms with Crippen molar-refractivity contribution >= 4 is 17.0 Å². The molecule has 2 aromatic carbocycles. The molecule has 4 nitrogen and oxygen atoms in total. The Kier molecular flexibility index (Phi) is 3.69. The summed E-state index contributed by atoms with van der Waals surface area (Å²) in [6.07, 6.45) is 0. The number of rotatable bonds is 3. The molecule has 0 radical (unpaired) electrons. The number of hydrogen-bond acceptors (Lipinski definition) is 3. The average Bonchev–Trinajstić information content (AvgIpc) is 2.98. The van der Waals surface area contributed by atoms with Crippen molar-refractivity contribution in [2.75, 3.05) is 0 Å². The lowest BCUT2D eigenvalue weighted by atomic mass is 10.1. The van der Waals surface area contributed by atoms with Crippen LogP contribution in [0.3, 0.4) is 0 Å². The minimum atomic E-state index is 0.599. The zero-order chi connectivity index (χ0) is 14.7. The molecule has 0 saturated carbocycles. The van der Waals surface area contributed by atoms with Gasteiger partial charge in [-0.25, -0.2) is 4.98 Å². The second-order valence-electron chi connectivity index (χ2n) is 4.64. The third kappa shape index (κ3) is 2.94. The molecule has 0 saturated heterocycles. The lowest BCUT2D eigenvalue weighted by molar-refractivity contribution is 1.38. The molecule has 3 aromatic rings. The zero-order valence-corrected chi connectivity index (χ0v) is 12.2. The summed E-state index contributed by atoms with van der Waals surface area (Å²) in [7, 11) is 0. The molecule has 0 N–H and O–H groups in total. The molecule has 0 aliphatic heterocycles. The first-order valence-electron chi connectivity index (χ1n) is 6.44. The van der Waals surface area contributed by atoms with Crippen molar-refractivity contribution in [1.82, 2.24) is 4.98 Å². The van der Waals surface area contributed by atoms with Crippen molar-refractivity contribution in [3.05, 3.63) is 69.9 Å². The van der Waals surface area contributed by atoms with Crippen LogP contribution >= 0.6 is 11.3 Å². The molecule has 21 heavy (non-hydrogen) atoms. The van der Waals surface area contributed by atoms with Crippen LogP contribution in [0.5, 0.6) is 0 Å². The van der Waals surface area contributed by atoms with E-state index >= 15 is 0 Å². The van der Waals surface area contributed by atoms with Crippen LogP contribution in [0.2, 0.25) is 0 Å². The summed E-state index contributed by atoms with van der Waals surface area (Å²) in [4.78, 5) is 7.48. The summed E-state index contributed by atoms with van der Waals surface area (Å²) in [5.41, 5.74) is 13.4. The Morgan fingerprint density at radius 2 is 1.90 bits per heavy atom. The smallest absolute Gasteiger partial charge is 0.124 e. The van der Waals surface area contributed by atoms with E-state index in [9.17, 15) is 0 Å². The number of thiazole rings is 1. The van der Waals surface area contributed by atoms with Gasteiger partial charge in [0.15, 0.2) is 0 Å². The Bertz CT molecular complexity index is 814. The fraction of sp³-hybridized carbons (Fsp3) is 0.0625. The van der Waals surface area contributed by atoms with E-state index in [0.717, 1.165) is 21.8 Å². The van der Waals surface area contributed by atoms with Crippen molar-refractivity contribution in [3.63, 3.8) is 0 Å². The molecule has 1 aromatic heterocycles. The topological polar surface area (TPSA) is 61.7 Å². The Morgan fingerprint density at radius 1 is 1.10 bits per heavy atom. The van der Waals surface area contributed by atoms with Crippen LogP contribution < -0.4 is 0 Å². The van der Waals surface area contributed by atoms with Crippen LogP contribution in [0.1, 0.15) is 5.56 Å². The number of azide groups is 1. The Morgan fingerprint density at radius 3 is 2.67 bits per heavy atom. The fourth-order valence-electron chi connectivity index (χ4n) is 2.02. The minimum Gasteiger partial charge on any atom is -0.236 e. The summed E-state index contributed by atoms with van der Waals surface area (Å²) in [5, 5.41) is 6.58. The van der Waals surface area contributed by atoms with Gasteiger partial charge in [0.2, 0.25) is 0 Å². The SMILES string of the molecule is Cc1ccc(-c2csc(-c3cccc(N=[N+]=[N-])c3)n2)cc1. The van der Waals surface area contributed by atoms with Crippen molar-refractivity contribution in [2.45, 2.75) is 6.92 Å². The summed E-state index contributed by atoms with van der Waals surface area (Å²) in [6.45, 7) is 2.07. The minimum absolute atomic E-state index is 0.599. The van der Waals surface area contributed by atoms with E-state index in [-0.39, 0.29) is 0 Å². The maximum Gasteiger partial charge on any atom is 0.124 e. The fourth-order valence-corrected chi connectivity index (χ4v) is 2.84. The maximum atomic E-state index is 8.50. The van der Waals surface area contributed by atoms with E-state index in [1.165, 1.54) is 5.56 Å². The number of nitrogens with zero attached hydrogens (tertiary/aromatic N) is 4. The molecule has 5 heteroatoms. The highest BCUT2D eigenvalue weighted by atomic mass is 32.1. The highest BCUT2D eigenvalue weighted by molar-refractivity contribution is 7.13. The van der Waals surface area contributed by atoms with Crippen LogP contribution in [-0.2, 0) is 0 Å². The van der Waals surface area contributed by atoms with Gasteiger partial charge in [0, 0.05) is 27.1 Å². The molecular formula is C16H12N4S. The molecule has 0 aliphatic rings. The highest BCUT2D eigenvalue weighted by Crippen LogP contribution is 2.30. The molecule has 0 bridgehead atoms. The van der Waals surface area contributed by atoms with Gasteiger partial charge in [0.25, 0.3) is 0 Å². The van der Waals surface area contributed by atoms with E-state index in [1.807, 2.05) is 23.6 Å². The molecule has 3 rings (SSSR count). The van der Waals surface area contributed by atoms with Gasteiger partial charge in [-0.15, -0.1) is 11.3 Å². The van der Waals surface area contributed by atoms with Crippen molar-refractivity contribution in [1.29, 1.82) is 0 Å². The summed E-state index contributed by atoms with van der Waals surface area (Å²) < 4.78 is 0. The first kappa shape index (κ1) is 13.4. The quantitative estimate of drug-likeness (QED) is 0.345. The number of aryl methyl sites for hydroxylation is 1. The number of hydrogen-bond donors (Lipinski definition) is 0. The maximum absolute atomic E-state index is 8.50. The monoisotopic (exact) mass is 292 g/mol. The number of aromatic nitrogens is 1. The lowest BCUT2D eigenvalue weighted by Gasteiger charge is -1.99. The Labute approximate surface area is 126 Å². The molecule has 0 atom stereocenters. The third-order valence-electron chi connectivity index (χ3n) is 3.10. The van der Waals surface area contributed by atoms with Crippen LogP contribution in [0.15, 0.2) is 59.0 Å². The van der Waals surface area contributed by atoms with Gasteiger partial charge in [-0.05, 0) is 18.5 Å². The van der Waals surface area contributed by atoms with Crippen molar-refractivity contribution in [3.8, 4) is 21.8 Å². The first-order valence-corrected chi connectivity index (χ1v) is 7.32. The van der Waals surface area contributed by atoms with Crippen molar-refractivity contribution < 1.29 is 0 Å². The predicted molar refractivity (Wildman–Crippen MR) is 86.5 cm³/mol. The molecular weight excluding hydrogens is 280 g/mol. The third-order valence-corrected chi connectivity index (χ3v) is 4.00. The number of benzene rings is 2. The second kappa shape index (κ2) is 5.79. The Balaban J connectivity index is 1.96. The largest absolute Gasteiger partial charge is 0.236 e. The highest BCUT2D eigenvalue weighted by Gasteiger charge is 2.07. The molecule has 0 fully saturated rings. The van der Waals surface area contributed by atoms with Crippen molar-refractivity contribution in [2.24, 2.45) is 5.11 Å². The van der Waals surface area contributed by atoms with E-state index in [1.54, 1.807) is 17.4 Å². The van der Waals surface area contributed by atoms with E-state index in [0.29, 0.717) is 5.69 Å². The summed E-state index contributed by atoms with van der Waals surface area (Å²) in [5.74, 6) is 0. The van der Waals surface area contributed by atoms with Gasteiger partial charge < -0.3 is 0 Å². The molecule has 1 heterocycles. The molecule has 0 spiro atoms. The second-order valence-corrected chi connectivity index (χ2v) is 5.50. The molecule has 0 aliphatic carbocycles. The van der Waals surface area contributed by atoms with E-state index in [2.05, 4.69) is 46.2 Å². The Hall–Kier alpha value is -2.62.